The van der Waals surface area contributed by atoms with E-state index in [2.05, 4.69) is 20.8 Å². The van der Waals surface area contributed by atoms with Crippen LogP contribution in [0.25, 0.3) is 0 Å². The van der Waals surface area contributed by atoms with Gasteiger partial charge in [0.1, 0.15) is 0 Å². The Morgan fingerprint density at radius 3 is 2.62 bits per heavy atom. The number of rotatable bonds is 4. The van der Waals surface area contributed by atoms with Gasteiger partial charge in [-0.2, -0.15) is 0 Å². The van der Waals surface area contributed by atoms with Crippen LogP contribution in [0.4, 0.5) is 5.95 Å². The second-order valence-corrected chi connectivity index (χ2v) is 3.30. The average molecular weight is 185 g/mol. The fourth-order valence-electron chi connectivity index (χ4n) is 0.941. The van der Waals surface area contributed by atoms with Crippen molar-refractivity contribution in [2.75, 3.05) is 11.9 Å². The standard InChI is InChI=1S/C7H15N5O/c1-5(2)6(4-13)8-7-9-10-11-12(7)3/h5-6,13H,4H2,1-3H3,(H,8,9,11)/t6-/m1/s1. The molecule has 6 heteroatoms. The molecule has 6 nitrogen and oxygen atoms in total. The van der Waals surface area contributed by atoms with E-state index in [4.69, 9.17) is 5.11 Å². The lowest BCUT2D eigenvalue weighted by Crippen LogP contribution is -2.30. The molecule has 0 aromatic carbocycles. The maximum absolute atomic E-state index is 9.05. The molecule has 0 bridgehead atoms. The Morgan fingerprint density at radius 1 is 1.54 bits per heavy atom. The molecule has 74 valence electrons. The molecule has 1 atom stereocenters. The lowest BCUT2D eigenvalue weighted by Gasteiger charge is -2.19. The molecule has 0 saturated carbocycles. The number of aliphatic hydroxyl groups is 1. The number of nitrogens with one attached hydrogen (secondary N) is 1. The lowest BCUT2D eigenvalue weighted by molar-refractivity contribution is 0.248. The Bertz CT molecular complexity index is 259. The van der Waals surface area contributed by atoms with Crippen LogP contribution >= 0.6 is 0 Å². The molecule has 0 saturated heterocycles. The van der Waals surface area contributed by atoms with Gasteiger partial charge in [0.2, 0.25) is 5.95 Å². The van der Waals surface area contributed by atoms with Crippen LogP contribution < -0.4 is 5.32 Å². The van der Waals surface area contributed by atoms with E-state index >= 15 is 0 Å². The first-order chi connectivity index (χ1) is 6.15. The summed E-state index contributed by atoms with van der Waals surface area (Å²) in [6.45, 7) is 4.12. The SMILES string of the molecule is CC(C)[C@@H](CO)Nc1nnnn1C. The van der Waals surface area contributed by atoms with Crippen molar-refractivity contribution in [3.63, 3.8) is 0 Å². The molecular formula is C7H15N5O. The number of aryl methyl sites for hydroxylation is 1. The predicted octanol–water partition coefficient (Wildman–Crippen LogP) is -0.361. The molecule has 2 N–H and O–H groups in total. The maximum atomic E-state index is 9.05. The number of hydrogen-bond acceptors (Lipinski definition) is 5. The highest BCUT2D eigenvalue weighted by Crippen LogP contribution is 2.07. The molecule has 0 spiro atoms. The van der Waals surface area contributed by atoms with Crippen LogP contribution in [0, 0.1) is 5.92 Å². The van der Waals surface area contributed by atoms with E-state index < -0.39 is 0 Å². The molecule has 0 aliphatic heterocycles. The largest absolute Gasteiger partial charge is 0.394 e. The monoisotopic (exact) mass is 185 g/mol. The van der Waals surface area contributed by atoms with E-state index in [-0.39, 0.29) is 12.6 Å². The van der Waals surface area contributed by atoms with E-state index in [0.717, 1.165) is 0 Å². The van der Waals surface area contributed by atoms with Crippen molar-refractivity contribution in [3.8, 4) is 0 Å². The first kappa shape index (κ1) is 9.91. The Hall–Kier alpha value is -1.17. The zero-order chi connectivity index (χ0) is 9.84. The van der Waals surface area contributed by atoms with Crippen molar-refractivity contribution >= 4 is 5.95 Å². The highest BCUT2D eigenvalue weighted by atomic mass is 16.3. The minimum absolute atomic E-state index is 0.00954. The van der Waals surface area contributed by atoms with Gasteiger partial charge in [0.15, 0.2) is 0 Å². The first-order valence-electron chi connectivity index (χ1n) is 4.25. The maximum Gasteiger partial charge on any atom is 0.242 e. The number of hydrogen-bond donors (Lipinski definition) is 2. The third kappa shape index (κ3) is 2.38. The minimum Gasteiger partial charge on any atom is -0.394 e. The summed E-state index contributed by atoms with van der Waals surface area (Å²) in [5.74, 6) is 0.912. The summed E-state index contributed by atoms with van der Waals surface area (Å²) in [5, 5.41) is 23.0. The Kier molecular flexibility index (Phi) is 3.18. The average Bonchev–Trinajstić information content (AvgIpc) is 2.46. The van der Waals surface area contributed by atoms with Gasteiger partial charge in [0.25, 0.3) is 0 Å². The van der Waals surface area contributed by atoms with Crippen LogP contribution in [0.1, 0.15) is 13.8 Å². The molecule has 1 aromatic rings. The van der Waals surface area contributed by atoms with Gasteiger partial charge in [-0.1, -0.05) is 18.9 Å². The number of aliphatic hydroxyl groups excluding tert-OH is 1. The van der Waals surface area contributed by atoms with Crippen molar-refractivity contribution in [2.45, 2.75) is 19.9 Å². The summed E-state index contributed by atoms with van der Waals surface area (Å²) in [7, 11) is 1.75. The zero-order valence-corrected chi connectivity index (χ0v) is 8.10. The van der Waals surface area contributed by atoms with Crippen molar-refractivity contribution in [1.82, 2.24) is 20.2 Å². The Morgan fingerprint density at radius 2 is 2.23 bits per heavy atom. The second-order valence-electron chi connectivity index (χ2n) is 3.30. The third-order valence-electron chi connectivity index (χ3n) is 1.94. The Labute approximate surface area is 76.9 Å². The summed E-state index contributed by atoms with van der Waals surface area (Å²) in [6, 6.07) is -0.00954. The van der Waals surface area contributed by atoms with Crippen LogP contribution in [0.3, 0.4) is 0 Å². The third-order valence-corrected chi connectivity index (χ3v) is 1.94. The van der Waals surface area contributed by atoms with Gasteiger partial charge < -0.3 is 10.4 Å². The van der Waals surface area contributed by atoms with Gasteiger partial charge in [0, 0.05) is 7.05 Å². The molecule has 0 aliphatic rings. The van der Waals surface area contributed by atoms with Crippen molar-refractivity contribution < 1.29 is 5.11 Å². The molecule has 0 aliphatic carbocycles. The van der Waals surface area contributed by atoms with Crippen molar-refractivity contribution in [3.05, 3.63) is 0 Å². The topological polar surface area (TPSA) is 75.9 Å². The molecule has 0 fully saturated rings. The molecule has 1 aromatic heterocycles. The van der Waals surface area contributed by atoms with E-state index in [1.54, 1.807) is 7.05 Å². The normalized spacial score (nSPS) is 13.3. The fourth-order valence-corrected chi connectivity index (χ4v) is 0.941. The highest BCUT2D eigenvalue weighted by molar-refractivity contribution is 5.23. The summed E-state index contributed by atoms with van der Waals surface area (Å²) in [5.41, 5.74) is 0. The van der Waals surface area contributed by atoms with E-state index in [9.17, 15) is 0 Å². The van der Waals surface area contributed by atoms with E-state index in [1.165, 1.54) is 4.68 Å². The van der Waals surface area contributed by atoms with Gasteiger partial charge in [-0.3, -0.25) is 0 Å². The Balaban J connectivity index is 2.62. The summed E-state index contributed by atoms with van der Waals surface area (Å²) in [4.78, 5) is 0. The first-order valence-corrected chi connectivity index (χ1v) is 4.25. The van der Waals surface area contributed by atoms with Gasteiger partial charge in [-0.15, -0.1) is 0 Å². The van der Waals surface area contributed by atoms with Crippen molar-refractivity contribution in [1.29, 1.82) is 0 Å². The quantitative estimate of drug-likeness (QED) is 0.670. The number of aromatic nitrogens is 4. The molecular weight excluding hydrogens is 170 g/mol. The molecule has 0 amide bonds. The van der Waals surface area contributed by atoms with Crippen molar-refractivity contribution in [2.24, 2.45) is 13.0 Å². The number of tetrazole rings is 1. The van der Waals surface area contributed by atoms with Gasteiger partial charge in [-0.25, -0.2) is 4.68 Å². The summed E-state index contributed by atoms with van der Waals surface area (Å²) < 4.78 is 1.53. The zero-order valence-electron chi connectivity index (χ0n) is 8.10. The molecule has 0 unspecified atom stereocenters. The predicted molar refractivity (Wildman–Crippen MR) is 48.1 cm³/mol. The van der Waals surface area contributed by atoms with Crippen LogP contribution in [0.15, 0.2) is 0 Å². The van der Waals surface area contributed by atoms with Gasteiger partial charge in [0.05, 0.1) is 12.6 Å². The summed E-state index contributed by atoms with van der Waals surface area (Å²) in [6.07, 6.45) is 0. The van der Waals surface area contributed by atoms with Gasteiger partial charge >= 0.3 is 0 Å². The summed E-state index contributed by atoms with van der Waals surface area (Å²) >= 11 is 0. The van der Waals surface area contributed by atoms with Crippen LogP contribution in [0.2, 0.25) is 0 Å². The second kappa shape index (κ2) is 4.18. The molecule has 1 rings (SSSR count). The van der Waals surface area contributed by atoms with E-state index in [1.807, 2.05) is 13.8 Å². The number of nitrogens with zero attached hydrogens (tertiary/aromatic N) is 4. The van der Waals surface area contributed by atoms with Crippen LogP contribution in [-0.4, -0.2) is 38.0 Å². The fraction of sp³-hybridized carbons (Fsp3) is 0.857. The highest BCUT2D eigenvalue weighted by Gasteiger charge is 2.14. The molecule has 13 heavy (non-hydrogen) atoms. The van der Waals surface area contributed by atoms with Crippen LogP contribution in [0.5, 0.6) is 0 Å². The number of anilines is 1. The molecule has 0 radical (unpaired) electrons. The minimum atomic E-state index is -0.00954. The smallest absolute Gasteiger partial charge is 0.242 e. The van der Waals surface area contributed by atoms with Gasteiger partial charge in [-0.05, 0) is 16.3 Å². The lowest BCUT2D eigenvalue weighted by atomic mass is 10.1. The molecule has 1 heterocycles. The van der Waals surface area contributed by atoms with Crippen LogP contribution in [-0.2, 0) is 7.05 Å². The van der Waals surface area contributed by atoms with E-state index in [0.29, 0.717) is 11.9 Å².